The number of hydrogen-bond acceptors (Lipinski definition) is 1. The van der Waals surface area contributed by atoms with Crippen LogP contribution in [-0.2, 0) is 6.54 Å². The van der Waals surface area contributed by atoms with Gasteiger partial charge in [-0.25, -0.2) is 0 Å². The number of anilines is 1. The molecule has 0 aliphatic heterocycles. The molecule has 2 rings (SSSR count). The molecule has 1 N–H and O–H groups in total. The van der Waals surface area contributed by atoms with E-state index in [1.54, 1.807) is 0 Å². The van der Waals surface area contributed by atoms with Gasteiger partial charge in [-0.15, -0.1) is 0 Å². The molecule has 0 unspecified atom stereocenters. The lowest BCUT2D eigenvalue weighted by molar-refractivity contribution is 1.15. The van der Waals surface area contributed by atoms with Crippen LogP contribution in [0.2, 0.25) is 5.02 Å². The minimum absolute atomic E-state index is 0.771. The topological polar surface area (TPSA) is 12.0 Å². The lowest BCUT2D eigenvalue weighted by atomic mass is 10.2. The highest BCUT2D eigenvalue weighted by Gasteiger charge is 1.94. The lowest BCUT2D eigenvalue weighted by Crippen LogP contribution is -1.98. The SMILES string of the molecule is Clc1ccc(CNc2ccc(Br)cc2)cc1. The molecule has 0 spiro atoms. The van der Waals surface area contributed by atoms with Crippen LogP contribution in [0.1, 0.15) is 5.56 Å². The Morgan fingerprint density at radius 1 is 0.938 bits per heavy atom. The maximum atomic E-state index is 5.82. The molecule has 0 amide bonds. The van der Waals surface area contributed by atoms with Crippen molar-refractivity contribution in [1.29, 1.82) is 0 Å². The van der Waals surface area contributed by atoms with E-state index in [1.165, 1.54) is 5.56 Å². The number of nitrogens with one attached hydrogen (secondary N) is 1. The summed E-state index contributed by atoms with van der Waals surface area (Å²) in [7, 11) is 0. The molecule has 2 aromatic rings. The summed E-state index contributed by atoms with van der Waals surface area (Å²) in [5.41, 5.74) is 2.32. The molecule has 1 nitrogen and oxygen atoms in total. The predicted molar refractivity (Wildman–Crippen MR) is 72.9 cm³/mol. The molecule has 0 aliphatic rings. The van der Waals surface area contributed by atoms with E-state index in [1.807, 2.05) is 48.5 Å². The Morgan fingerprint density at radius 3 is 2.19 bits per heavy atom. The average molecular weight is 297 g/mol. The molecular formula is C13H11BrClN. The highest BCUT2D eigenvalue weighted by Crippen LogP contribution is 2.15. The third kappa shape index (κ3) is 3.26. The van der Waals surface area contributed by atoms with Gasteiger partial charge in [0.05, 0.1) is 0 Å². The van der Waals surface area contributed by atoms with E-state index in [0.717, 1.165) is 21.7 Å². The van der Waals surface area contributed by atoms with Crippen molar-refractivity contribution in [3.05, 3.63) is 63.6 Å². The van der Waals surface area contributed by atoms with Crippen molar-refractivity contribution >= 4 is 33.2 Å². The summed E-state index contributed by atoms with van der Waals surface area (Å²) in [6.45, 7) is 0.804. The van der Waals surface area contributed by atoms with E-state index in [2.05, 4.69) is 21.2 Å². The molecule has 0 saturated heterocycles. The van der Waals surface area contributed by atoms with E-state index in [4.69, 9.17) is 11.6 Å². The molecule has 3 heteroatoms. The molecule has 0 radical (unpaired) electrons. The van der Waals surface area contributed by atoms with E-state index in [-0.39, 0.29) is 0 Å². The van der Waals surface area contributed by atoms with Crippen molar-refractivity contribution in [2.24, 2.45) is 0 Å². The van der Waals surface area contributed by atoms with Gasteiger partial charge in [0.1, 0.15) is 0 Å². The van der Waals surface area contributed by atoms with Crippen molar-refractivity contribution in [3.63, 3.8) is 0 Å². The summed E-state index contributed by atoms with van der Waals surface area (Å²) in [6, 6.07) is 16.0. The summed E-state index contributed by atoms with van der Waals surface area (Å²) in [4.78, 5) is 0. The number of hydrogen-bond donors (Lipinski definition) is 1. The average Bonchev–Trinajstić information content (AvgIpc) is 2.30. The zero-order valence-corrected chi connectivity index (χ0v) is 10.9. The van der Waals surface area contributed by atoms with Gasteiger partial charge < -0.3 is 5.32 Å². The molecule has 16 heavy (non-hydrogen) atoms. The van der Waals surface area contributed by atoms with Crippen LogP contribution >= 0.6 is 27.5 Å². The van der Waals surface area contributed by atoms with Gasteiger partial charge in [-0.1, -0.05) is 39.7 Å². The van der Waals surface area contributed by atoms with Gasteiger partial charge in [0.25, 0.3) is 0 Å². The molecule has 0 bridgehead atoms. The fraction of sp³-hybridized carbons (Fsp3) is 0.0769. The van der Waals surface area contributed by atoms with Gasteiger partial charge in [0.2, 0.25) is 0 Å². The molecule has 0 saturated carbocycles. The first-order chi connectivity index (χ1) is 7.74. The Hall–Kier alpha value is -0.990. The fourth-order valence-corrected chi connectivity index (χ4v) is 1.76. The second kappa shape index (κ2) is 5.37. The molecule has 0 aromatic heterocycles. The van der Waals surface area contributed by atoms with E-state index < -0.39 is 0 Å². The normalized spacial score (nSPS) is 10.1. The first kappa shape index (κ1) is 11.5. The maximum absolute atomic E-state index is 5.82. The second-order valence-electron chi connectivity index (χ2n) is 3.49. The summed E-state index contributed by atoms with van der Waals surface area (Å²) in [6.07, 6.45) is 0. The number of benzene rings is 2. The minimum Gasteiger partial charge on any atom is -0.381 e. The van der Waals surface area contributed by atoms with E-state index in [9.17, 15) is 0 Å². The Morgan fingerprint density at radius 2 is 1.56 bits per heavy atom. The zero-order valence-electron chi connectivity index (χ0n) is 8.58. The van der Waals surface area contributed by atoms with Crippen LogP contribution in [0.5, 0.6) is 0 Å². The highest BCUT2D eigenvalue weighted by atomic mass is 79.9. The zero-order chi connectivity index (χ0) is 11.4. The third-order valence-corrected chi connectivity index (χ3v) is 3.03. The quantitative estimate of drug-likeness (QED) is 0.864. The minimum atomic E-state index is 0.771. The molecule has 0 atom stereocenters. The van der Waals surface area contributed by atoms with Crippen molar-refractivity contribution in [2.45, 2.75) is 6.54 Å². The smallest absolute Gasteiger partial charge is 0.0406 e. The van der Waals surface area contributed by atoms with Gasteiger partial charge in [-0.2, -0.15) is 0 Å². The van der Waals surface area contributed by atoms with E-state index >= 15 is 0 Å². The Bertz CT molecular complexity index is 405. The first-order valence-electron chi connectivity index (χ1n) is 4.98. The second-order valence-corrected chi connectivity index (χ2v) is 4.84. The van der Waals surface area contributed by atoms with Crippen molar-refractivity contribution < 1.29 is 0 Å². The van der Waals surface area contributed by atoms with E-state index in [0.29, 0.717) is 0 Å². The van der Waals surface area contributed by atoms with Crippen molar-refractivity contribution in [2.75, 3.05) is 5.32 Å². The predicted octanol–water partition coefficient (Wildman–Crippen LogP) is 4.71. The largest absolute Gasteiger partial charge is 0.381 e. The standard InChI is InChI=1S/C13H11BrClN/c14-11-3-7-13(8-4-11)16-9-10-1-5-12(15)6-2-10/h1-8,16H,9H2. The van der Waals surface area contributed by atoms with Gasteiger partial charge in [-0.05, 0) is 42.0 Å². The molecule has 82 valence electrons. The molecule has 2 aromatic carbocycles. The number of rotatable bonds is 3. The van der Waals surface area contributed by atoms with Crippen LogP contribution < -0.4 is 5.32 Å². The summed E-state index contributed by atoms with van der Waals surface area (Å²) < 4.78 is 1.09. The highest BCUT2D eigenvalue weighted by molar-refractivity contribution is 9.10. The monoisotopic (exact) mass is 295 g/mol. The summed E-state index contributed by atoms with van der Waals surface area (Å²) in [5, 5.41) is 4.11. The summed E-state index contributed by atoms with van der Waals surface area (Å²) in [5.74, 6) is 0. The van der Waals surface area contributed by atoms with Gasteiger partial charge in [0.15, 0.2) is 0 Å². The lowest BCUT2D eigenvalue weighted by Gasteiger charge is -2.06. The van der Waals surface area contributed by atoms with Crippen LogP contribution in [-0.4, -0.2) is 0 Å². The fourth-order valence-electron chi connectivity index (χ4n) is 1.37. The molecule has 0 aliphatic carbocycles. The van der Waals surface area contributed by atoms with Crippen molar-refractivity contribution in [1.82, 2.24) is 0 Å². The first-order valence-corrected chi connectivity index (χ1v) is 6.15. The van der Waals surface area contributed by atoms with Crippen LogP contribution in [0.4, 0.5) is 5.69 Å². The Kier molecular flexibility index (Phi) is 3.86. The summed E-state index contributed by atoms with van der Waals surface area (Å²) >= 11 is 9.23. The van der Waals surface area contributed by atoms with Gasteiger partial charge in [0, 0.05) is 21.7 Å². The van der Waals surface area contributed by atoms with Gasteiger partial charge >= 0.3 is 0 Å². The van der Waals surface area contributed by atoms with Crippen LogP contribution in [0.15, 0.2) is 53.0 Å². The molecule has 0 heterocycles. The van der Waals surface area contributed by atoms with Crippen LogP contribution in [0.3, 0.4) is 0 Å². The molecule has 0 fully saturated rings. The van der Waals surface area contributed by atoms with Gasteiger partial charge in [-0.3, -0.25) is 0 Å². The number of halogens is 2. The Balaban J connectivity index is 1.97. The van der Waals surface area contributed by atoms with Crippen LogP contribution in [0.25, 0.3) is 0 Å². The molecular weight excluding hydrogens is 286 g/mol. The van der Waals surface area contributed by atoms with Crippen molar-refractivity contribution in [3.8, 4) is 0 Å². The maximum Gasteiger partial charge on any atom is 0.0406 e. The van der Waals surface area contributed by atoms with Crippen LogP contribution in [0, 0.1) is 0 Å². The third-order valence-electron chi connectivity index (χ3n) is 2.25. The Labute approximate surface area is 109 Å².